The molecule has 1 N–H and O–H groups in total. The molecule has 1 saturated carbocycles. The number of rotatable bonds is 7. The van der Waals surface area contributed by atoms with E-state index in [9.17, 15) is 9.59 Å². The summed E-state index contributed by atoms with van der Waals surface area (Å²) in [7, 11) is 0. The Kier molecular flexibility index (Phi) is 6.71. The van der Waals surface area contributed by atoms with Crippen LogP contribution in [-0.4, -0.2) is 46.3 Å². The van der Waals surface area contributed by atoms with Gasteiger partial charge in [-0.25, -0.2) is 0 Å². The summed E-state index contributed by atoms with van der Waals surface area (Å²) in [5.74, 6) is 0.958. The molecule has 0 spiro atoms. The minimum absolute atomic E-state index is 0.0831. The van der Waals surface area contributed by atoms with Crippen molar-refractivity contribution in [1.82, 2.24) is 15.1 Å². The highest BCUT2D eigenvalue weighted by Gasteiger charge is 2.28. The van der Waals surface area contributed by atoms with Crippen LogP contribution in [0.4, 0.5) is 5.13 Å². The molecule has 0 bridgehead atoms. The normalized spacial score (nSPS) is 15.2. The largest absolute Gasteiger partial charge is 0.454 e. The summed E-state index contributed by atoms with van der Waals surface area (Å²) >= 11 is 1.33. The molecule has 3 aromatic rings. The lowest BCUT2D eigenvalue weighted by Crippen LogP contribution is -2.43. The van der Waals surface area contributed by atoms with Gasteiger partial charge in [0.2, 0.25) is 17.8 Å². The Labute approximate surface area is 201 Å². The van der Waals surface area contributed by atoms with E-state index < -0.39 is 0 Å². The van der Waals surface area contributed by atoms with Crippen LogP contribution in [0.15, 0.2) is 48.5 Å². The molecule has 176 valence electrons. The summed E-state index contributed by atoms with van der Waals surface area (Å²) in [6, 6.07) is 15.1. The van der Waals surface area contributed by atoms with Crippen molar-refractivity contribution in [1.29, 1.82) is 0 Å². The van der Waals surface area contributed by atoms with Gasteiger partial charge in [0.1, 0.15) is 5.01 Å². The van der Waals surface area contributed by atoms with Crippen LogP contribution in [0, 0.1) is 0 Å². The summed E-state index contributed by atoms with van der Waals surface area (Å²) in [6.45, 7) is 0.505. The molecule has 2 amide bonds. The van der Waals surface area contributed by atoms with E-state index in [4.69, 9.17) is 9.47 Å². The Balaban J connectivity index is 1.25. The van der Waals surface area contributed by atoms with E-state index in [1.165, 1.54) is 17.8 Å². The predicted molar refractivity (Wildman–Crippen MR) is 129 cm³/mol. The Morgan fingerprint density at radius 2 is 1.79 bits per heavy atom. The number of amides is 2. The molecule has 1 aliphatic carbocycles. The lowest BCUT2D eigenvalue weighted by molar-refractivity contribution is -0.116. The Morgan fingerprint density at radius 1 is 1.00 bits per heavy atom. The van der Waals surface area contributed by atoms with Crippen LogP contribution in [-0.2, 0) is 4.79 Å². The van der Waals surface area contributed by atoms with Crippen molar-refractivity contribution in [2.24, 2.45) is 0 Å². The molecule has 8 nitrogen and oxygen atoms in total. The van der Waals surface area contributed by atoms with Gasteiger partial charge in [-0.3, -0.25) is 9.59 Å². The van der Waals surface area contributed by atoms with Crippen molar-refractivity contribution in [2.45, 2.75) is 44.6 Å². The maximum atomic E-state index is 13.5. The summed E-state index contributed by atoms with van der Waals surface area (Å²) in [6.07, 6.45) is 5.46. The molecule has 0 radical (unpaired) electrons. The van der Waals surface area contributed by atoms with Gasteiger partial charge in [-0.1, -0.05) is 60.9 Å². The predicted octanol–water partition coefficient (Wildman–Crippen LogP) is 4.74. The van der Waals surface area contributed by atoms with Crippen LogP contribution in [0.3, 0.4) is 0 Å². The van der Waals surface area contributed by atoms with Crippen molar-refractivity contribution in [3.05, 3.63) is 54.1 Å². The van der Waals surface area contributed by atoms with Gasteiger partial charge < -0.3 is 19.7 Å². The molecule has 5 rings (SSSR count). The van der Waals surface area contributed by atoms with E-state index in [0.29, 0.717) is 28.7 Å². The lowest BCUT2D eigenvalue weighted by Gasteiger charge is -2.34. The molecule has 0 unspecified atom stereocenters. The molecule has 34 heavy (non-hydrogen) atoms. The van der Waals surface area contributed by atoms with Crippen molar-refractivity contribution in [3.8, 4) is 22.1 Å². The summed E-state index contributed by atoms with van der Waals surface area (Å²) in [5.41, 5.74) is 1.50. The van der Waals surface area contributed by atoms with E-state index in [1.807, 2.05) is 35.2 Å². The number of carbonyl (C=O) groups excluding carboxylic acids is 2. The Bertz CT molecular complexity index is 1160. The topological polar surface area (TPSA) is 93.7 Å². The molecule has 2 aromatic carbocycles. The van der Waals surface area contributed by atoms with Crippen LogP contribution in [0.1, 0.15) is 48.9 Å². The first kappa shape index (κ1) is 22.3. The Hall–Kier alpha value is -3.46. The summed E-state index contributed by atoms with van der Waals surface area (Å²) in [5, 5.41) is 12.3. The lowest BCUT2D eigenvalue weighted by atomic mass is 9.93. The molecule has 2 aliphatic rings. The van der Waals surface area contributed by atoms with Crippen LogP contribution >= 0.6 is 11.3 Å². The van der Waals surface area contributed by atoms with Crippen LogP contribution in [0.5, 0.6) is 11.5 Å². The second-order valence-corrected chi connectivity index (χ2v) is 9.41. The van der Waals surface area contributed by atoms with Crippen LogP contribution in [0.25, 0.3) is 10.6 Å². The van der Waals surface area contributed by atoms with Crippen molar-refractivity contribution in [2.75, 3.05) is 18.7 Å². The number of ether oxygens (including phenoxy) is 2. The average molecular weight is 479 g/mol. The number of carbonyl (C=O) groups is 2. The van der Waals surface area contributed by atoms with Gasteiger partial charge in [-0.05, 0) is 31.0 Å². The smallest absolute Gasteiger partial charge is 0.254 e. The van der Waals surface area contributed by atoms with Crippen molar-refractivity contribution >= 4 is 28.3 Å². The third-order valence-electron chi connectivity index (χ3n) is 6.17. The van der Waals surface area contributed by atoms with Gasteiger partial charge in [0.05, 0.1) is 0 Å². The fraction of sp³-hybridized carbons (Fsp3) is 0.360. The third kappa shape index (κ3) is 5.04. The van der Waals surface area contributed by atoms with Gasteiger partial charge >= 0.3 is 0 Å². The van der Waals surface area contributed by atoms with Crippen LogP contribution < -0.4 is 14.8 Å². The maximum absolute atomic E-state index is 13.5. The number of anilines is 1. The summed E-state index contributed by atoms with van der Waals surface area (Å²) < 4.78 is 10.8. The number of benzene rings is 2. The zero-order valence-electron chi connectivity index (χ0n) is 18.7. The van der Waals surface area contributed by atoms with E-state index in [-0.39, 0.29) is 31.1 Å². The third-order valence-corrected chi connectivity index (χ3v) is 7.06. The van der Waals surface area contributed by atoms with Crippen molar-refractivity contribution < 1.29 is 19.1 Å². The van der Waals surface area contributed by atoms with E-state index in [1.54, 1.807) is 18.2 Å². The van der Waals surface area contributed by atoms with Gasteiger partial charge in [-0.15, -0.1) is 10.2 Å². The Morgan fingerprint density at radius 3 is 2.62 bits per heavy atom. The molecular weight excluding hydrogens is 452 g/mol. The van der Waals surface area contributed by atoms with E-state index >= 15 is 0 Å². The number of nitrogens with zero attached hydrogens (tertiary/aromatic N) is 3. The number of hydrogen-bond donors (Lipinski definition) is 1. The molecule has 2 heterocycles. The fourth-order valence-corrected chi connectivity index (χ4v) is 5.18. The van der Waals surface area contributed by atoms with E-state index in [0.717, 1.165) is 36.3 Å². The summed E-state index contributed by atoms with van der Waals surface area (Å²) in [4.78, 5) is 28.0. The quantitative estimate of drug-likeness (QED) is 0.527. The van der Waals surface area contributed by atoms with Crippen molar-refractivity contribution in [3.63, 3.8) is 0 Å². The highest BCUT2D eigenvalue weighted by atomic mass is 32.1. The minimum Gasteiger partial charge on any atom is -0.454 e. The van der Waals surface area contributed by atoms with Gasteiger partial charge in [0.25, 0.3) is 5.91 Å². The first-order valence-corrected chi connectivity index (χ1v) is 12.4. The highest BCUT2D eigenvalue weighted by molar-refractivity contribution is 7.18. The molecule has 1 fully saturated rings. The standard InChI is InChI=1S/C25H26N4O4S/c30-22(26-25-28-27-23(34-25)17-7-3-1-4-8-17)13-14-29(19-9-5-2-6-10-19)24(31)18-11-12-20-21(15-18)33-16-32-20/h1,3-4,7-8,11-12,15,19H,2,5-6,9-10,13-14,16H2,(H,26,28,30). The molecule has 0 saturated heterocycles. The first-order chi connectivity index (χ1) is 16.7. The number of nitrogens with one attached hydrogen (secondary N) is 1. The second kappa shape index (κ2) is 10.2. The molecule has 0 atom stereocenters. The average Bonchev–Trinajstić information content (AvgIpc) is 3.54. The molecular formula is C25H26N4O4S. The minimum atomic E-state index is -0.185. The van der Waals surface area contributed by atoms with Gasteiger partial charge in [0.15, 0.2) is 11.5 Å². The van der Waals surface area contributed by atoms with E-state index in [2.05, 4.69) is 15.5 Å². The van der Waals surface area contributed by atoms with Gasteiger partial charge in [-0.2, -0.15) is 0 Å². The second-order valence-electron chi connectivity index (χ2n) is 8.43. The number of fused-ring (bicyclic) bond motifs is 1. The number of hydrogen-bond acceptors (Lipinski definition) is 7. The SMILES string of the molecule is O=C(CCN(C(=O)c1ccc2c(c1)OCO2)C1CCCCC1)Nc1nnc(-c2ccccc2)s1. The monoisotopic (exact) mass is 478 g/mol. The zero-order valence-corrected chi connectivity index (χ0v) is 19.6. The molecule has 9 heteroatoms. The van der Waals surface area contributed by atoms with Gasteiger partial charge in [0, 0.05) is 30.1 Å². The fourth-order valence-electron chi connectivity index (χ4n) is 4.41. The number of aromatic nitrogens is 2. The first-order valence-electron chi connectivity index (χ1n) is 11.6. The molecule has 1 aliphatic heterocycles. The molecule has 1 aromatic heterocycles. The zero-order chi connectivity index (χ0) is 23.3. The highest BCUT2D eigenvalue weighted by Crippen LogP contribution is 2.34. The maximum Gasteiger partial charge on any atom is 0.254 e. The van der Waals surface area contributed by atoms with Crippen LogP contribution in [0.2, 0.25) is 0 Å².